The van der Waals surface area contributed by atoms with E-state index in [-0.39, 0.29) is 15.9 Å². The summed E-state index contributed by atoms with van der Waals surface area (Å²) in [6.45, 7) is 0. The number of anilines is 1. The lowest BCUT2D eigenvalue weighted by Crippen LogP contribution is -2.24. The molecule has 2 N–H and O–H groups in total. The van der Waals surface area contributed by atoms with E-state index in [1.54, 1.807) is 0 Å². The third-order valence-electron chi connectivity index (χ3n) is 2.24. The topological polar surface area (TPSA) is 79.0 Å². The van der Waals surface area contributed by atoms with Gasteiger partial charge in [-0.2, -0.15) is 0 Å². The minimum absolute atomic E-state index is 0.0186. The normalized spacial score (nSPS) is 10.4. The van der Waals surface area contributed by atoms with E-state index in [9.17, 15) is 9.90 Å². The van der Waals surface area contributed by atoms with Crippen molar-refractivity contribution in [2.45, 2.75) is 9.79 Å². The number of aromatic carboxylic acids is 1. The average Bonchev–Trinajstić information content (AvgIpc) is 2.40. The van der Waals surface area contributed by atoms with Crippen LogP contribution in [0.1, 0.15) is 10.5 Å². The van der Waals surface area contributed by atoms with Gasteiger partial charge in [-0.05, 0) is 12.1 Å². The summed E-state index contributed by atoms with van der Waals surface area (Å²) in [7, 11) is 0. The fourth-order valence-electron chi connectivity index (χ4n) is 1.38. The predicted molar refractivity (Wildman–Crippen MR) is 73.6 cm³/mol. The van der Waals surface area contributed by atoms with Gasteiger partial charge in [-0.3, -0.25) is 0 Å². The number of aromatic nitrogens is 1. The molecule has 7 heteroatoms. The second-order valence-electron chi connectivity index (χ2n) is 3.51. The summed E-state index contributed by atoms with van der Waals surface area (Å²) >= 11 is 13.0. The second kappa shape index (κ2) is 5.69. The van der Waals surface area contributed by atoms with Crippen LogP contribution in [0.4, 0.5) is 5.69 Å². The van der Waals surface area contributed by atoms with Crippen molar-refractivity contribution in [3.63, 3.8) is 0 Å². The van der Waals surface area contributed by atoms with Crippen LogP contribution in [-0.2, 0) is 0 Å². The van der Waals surface area contributed by atoms with E-state index in [2.05, 4.69) is 4.98 Å². The first-order valence-electron chi connectivity index (χ1n) is 5.09. The standard InChI is InChI=1S/C12H8Cl2N2O2S/c13-7-8(15)10(11(14)16-9(7)12(17)18)19-6-4-2-1-3-5-6/h1-5H,(H2,15,16)(H,17,18)/p-1. The Morgan fingerprint density at radius 1 is 1.26 bits per heavy atom. The van der Waals surface area contributed by atoms with E-state index in [4.69, 9.17) is 28.9 Å². The molecule has 19 heavy (non-hydrogen) atoms. The third kappa shape index (κ3) is 2.94. The van der Waals surface area contributed by atoms with Gasteiger partial charge >= 0.3 is 0 Å². The molecule has 1 aromatic heterocycles. The predicted octanol–water partition coefficient (Wildman–Crippen LogP) is 2.49. The maximum atomic E-state index is 10.8. The molecule has 0 spiro atoms. The Labute approximate surface area is 123 Å². The summed E-state index contributed by atoms with van der Waals surface area (Å²) in [4.78, 5) is 15.8. The number of hydrogen-bond acceptors (Lipinski definition) is 5. The zero-order chi connectivity index (χ0) is 14.0. The average molecular weight is 314 g/mol. The second-order valence-corrected chi connectivity index (χ2v) is 5.33. The van der Waals surface area contributed by atoms with Gasteiger partial charge in [0.2, 0.25) is 0 Å². The van der Waals surface area contributed by atoms with Gasteiger partial charge in [-0.25, -0.2) is 4.98 Å². The molecule has 0 aliphatic carbocycles. The van der Waals surface area contributed by atoms with E-state index >= 15 is 0 Å². The lowest BCUT2D eigenvalue weighted by Gasteiger charge is -2.12. The lowest BCUT2D eigenvalue weighted by atomic mass is 10.3. The van der Waals surface area contributed by atoms with Gasteiger partial charge < -0.3 is 15.6 Å². The van der Waals surface area contributed by atoms with Crippen molar-refractivity contribution in [3.05, 3.63) is 46.2 Å². The number of nitrogen functional groups attached to an aromatic ring is 1. The molecule has 2 rings (SSSR count). The van der Waals surface area contributed by atoms with Gasteiger partial charge in [0.15, 0.2) is 0 Å². The number of carbonyl (C=O) groups excluding carboxylic acids is 1. The van der Waals surface area contributed by atoms with Crippen molar-refractivity contribution in [3.8, 4) is 0 Å². The highest BCUT2D eigenvalue weighted by molar-refractivity contribution is 7.99. The Kier molecular flexibility index (Phi) is 4.19. The molecule has 1 aromatic carbocycles. The molecule has 0 unspecified atom stereocenters. The van der Waals surface area contributed by atoms with E-state index in [0.29, 0.717) is 4.90 Å². The largest absolute Gasteiger partial charge is 0.543 e. The van der Waals surface area contributed by atoms with E-state index in [1.807, 2.05) is 30.3 Å². The highest BCUT2D eigenvalue weighted by Gasteiger charge is 2.17. The fourth-order valence-corrected chi connectivity index (χ4v) is 2.82. The minimum atomic E-state index is -1.52. The van der Waals surface area contributed by atoms with Gasteiger partial charge in [0.25, 0.3) is 0 Å². The number of pyridine rings is 1. The monoisotopic (exact) mass is 313 g/mol. The van der Waals surface area contributed by atoms with Gasteiger partial charge in [-0.15, -0.1) is 0 Å². The van der Waals surface area contributed by atoms with Crippen molar-refractivity contribution in [2.24, 2.45) is 0 Å². The highest BCUT2D eigenvalue weighted by atomic mass is 35.5. The summed E-state index contributed by atoms with van der Waals surface area (Å²) in [6.07, 6.45) is 0. The van der Waals surface area contributed by atoms with Crippen molar-refractivity contribution in [1.82, 2.24) is 4.98 Å². The molecular weight excluding hydrogens is 307 g/mol. The molecule has 0 saturated heterocycles. The van der Waals surface area contributed by atoms with Crippen LogP contribution in [0.3, 0.4) is 0 Å². The molecule has 4 nitrogen and oxygen atoms in total. The van der Waals surface area contributed by atoms with Gasteiger partial charge in [0.1, 0.15) is 10.8 Å². The minimum Gasteiger partial charge on any atom is -0.543 e. The summed E-state index contributed by atoms with van der Waals surface area (Å²) in [5, 5.41) is 10.6. The van der Waals surface area contributed by atoms with Crippen molar-refractivity contribution < 1.29 is 9.90 Å². The van der Waals surface area contributed by atoms with Crippen LogP contribution in [0.15, 0.2) is 40.1 Å². The van der Waals surface area contributed by atoms with E-state index in [0.717, 1.165) is 4.90 Å². The zero-order valence-corrected chi connectivity index (χ0v) is 11.7. The first kappa shape index (κ1) is 14.0. The molecular formula is C12H7Cl2N2O2S-. The quantitative estimate of drug-likeness (QED) is 0.881. The van der Waals surface area contributed by atoms with Crippen molar-refractivity contribution in [2.75, 3.05) is 5.73 Å². The zero-order valence-electron chi connectivity index (χ0n) is 9.39. The molecule has 0 radical (unpaired) electrons. The van der Waals surface area contributed by atoms with Crippen molar-refractivity contribution in [1.29, 1.82) is 0 Å². The maximum absolute atomic E-state index is 10.8. The number of nitrogens with two attached hydrogens (primary N) is 1. The molecule has 0 saturated carbocycles. The SMILES string of the molecule is Nc1c(Cl)c(C(=O)[O-])nc(Cl)c1Sc1ccccc1. The summed E-state index contributed by atoms with van der Waals surface area (Å²) in [5.74, 6) is -1.52. The Hall–Kier alpha value is -1.43. The number of benzene rings is 1. The Morgan fingerprint density at radius 3 is 2.47 bits per heavy atom. The highest BCUT2D eigenvalue weighted by Crippen LogP contribution is 2.40. The molecule has 98 valence electrons. The Bertz CT molecular complexity index is 635. The van der Waals surface area contributed by atoms with Crippen LogP contribution in [-0.4, -0.2) is 11.0 Å². The number of halogens is 2. The van der Waals surface area contributed by atoms with Gasteiger partial charge in [-0.1, -0.05) is 53.2 Å². The molecule has 0 aliphatic heterocycles. The number of rotatable bonds is 3. The molecule has 1 heterocycles. The van der Waals surface area contributed by atoms with Crippen molar-refractivity contribution >= 4 is 46.6 Å². The number of carbonyl (C=O) groups is 1. The Morgan fingerprint density at radius 2 is 1.89 bits per heavy atom. The van der Waals surface area contributed by atoms with Crippen LogP contribution in [0.2, 0.25) is 10.2 Å². The van der Waals surface area contributed by atoms with Crippen LogP contribution < -0.4 is 10.8 Å². The molecule has 0 bridgehead atoms. The van der Waals surface area contributed by atoms with Crippen LogP contribution >= 0.6 is 35.0 Å². The number of carboxylic acid groups (broad SMARTS) is 1. The molecule has 0 aliphatic rings. The van der Waals surface area contributed by atoms with Crippen LogP contribution in [0.25, 0.3) is 0 Å². The summed E-state index contributed by atoms with van der Waals surface area (Å²) in [6, 6.07) is 9.31. The molecule has 0 atom stereocenters. The molecule has 0 amide bonds. The fraction of sp³-hybridized carbons (Fsp3) is 0. The number of nitrogens with zero attached hydrogens (tertiary/aromatic N) is 1. The first-order chi connectivity index (χ1) is 9.00. The first-order valence-corrected chi connectivity index (χ1v) is 6.66. The van der Waals surface area contributed by atoms with E-state index < -0.39 is 11.7 Å². The lowest BCUT2D eigenvalue weighted by molar-refractivity contribution is -0.255. The van der Waals surface area contributed by atoms with Crippen LogP contribution in [0, 0.1) is 0 Å². The number of carboxylic acids is 1. The number of hydrogen-bond donors (Lipinski definition) is 1. The summed E-state index contributed by atoms with van der Waals surface area (Å²) < 4.78 is 0. The summed E-state index contributed by atoms with van der Waals surface area (Å²) in [5.41, 5.74) is 5.42. The smallest absolute Gasteiger partial charge is 0.145 e. The van der Waals surface area contributed by atoms with Gasteiger partial charge in [0, 0.05) is 4.90 Å². The van der Waals surface area contributed by atoms with E-state index in [1.165, 1.54) is 11.8 Å². The Balaban J connectivity index is 2.48. The maximum Gasteiger partial charge on any atom is 0.145 e. The molecule has 0 fully saturated rings. The molecule has 2 aromatic rings. The van der Waals surface area contributed by atoms with Gasteiger partial charge in [0.05, 0.1) is 21.6 Å². The third-order valence-corrected chi connectivity index (χ3v) is 4.14. The van der Waals surface area contributed by atoms with Crippen LogP contribution in [0.5, 0.6) is 0 Å².